The normalized spacial score (nSPS) is 15.8. The topological polar surface area (TPSA) is 51.1 Å². The molecule has 0 radical (unpaired) electrons. The van der Waals surface area contributed by atoms with Crippen molar-refractivity contribution < 1.29 is 18.8 Å². The van der Waals surface area contributed by atoms with Crippen LogP contribution in [0.3, 0.4) is 0 Å². The van der Waals surface area contributed by atoms with Crippen molar-refractivity contribution in [3.63, 3.8) is 0 Å². The fraction of sp³-hybridized carbons (Fsp3) is 0.391. The van der Waals surface area contributed by atoms with Gasteiger partial charge in [0.15, 0.2) is 6.10 Å². The Balaban J connectivity index is 1.68. The van der Waals surface area contributed by atoms with Crippen molar-refractivity contribution in [3.8, 4) is 5.75 Å². The summed E-state index contributed by atoms with van der Waals surface area (Å²) in [6, 6.07) is 13.9. The molecule has 29 heavy (non-hydrogen) atoms. The van der Waals surface area contributed by atoms with Crippen molar-refractivity contribution in [2.45, 2.75) is 39.3 Å². The first kappa shape index (κ1) is 20.8. The van der Waals surface area contributed by atoms with E-state index in [1.807, 2.05) is 43.0 Å². The molecule has 0 bridgehead atoms. The molecule has 5 nitrogen and oxygen atoms in total. The van der Waals surface area contributed by atoms with Gasteiger partial charge in [-0.15, -0.1) is 0 Å². The SMILES string of the molecule is COc1cccc(CN(C[C@@H]2CC(c3ccc(F)cc3)=NO2)C(=O)CC(C)C)c1. The second-order valence-corrected chi connectivity index (χ2v) is 7.70. The van der Waals surface area contributed by atoms with Crippen LogP contribution in [0.5, 0.6) is 5.75 Å². The van der Waals surface area contributed by atoms with E-state index in [-0.39, 0.29) is 23.7 Å². The first-order valence-corrected chi connectivity index (χ1v) is 9.84. The maximum Gasteiger partial charge on any atom is 0.223 e. The molecule has 0 saturated carbocycles. The molecule has 0 spiro atoms. The van der Waals surface area contributed by atoms with Gasteiger partial charge < -0.3 is 14.5 Å². The smallest absolute Gasteiger partial charge is 0.223 e. The average molecular weight is 398 g/mol. The second kappa shape index (κ2) is 9.54. The van der Waals surface area contributed by atoms with Gasteiger partial charge in [0, 0.05) is 19.4 Å². The highest BCUT2D eigenvalue weighted by molar-refractivity contribution is 6.01. The molecule has 154 valence electrons. The van der Waals surface area contributed by atoms with Gasteiger partial charge in [-0.3, -0.25) is 4.79 Å². The number of hydrogen-bond acceptors (Lipinski definition) is 4. The molecule has 0 aliphatic carbocycles. The van der Waals surface area contributed by atoms with E-state index in [9.17, 15) is 9.18 Å². The Labute approximate surface area is 171 Å². The molecule has 1 heterocycles. The Hall–Kier alpha value is -2.89. The minimum absolute atomic E-state index is 0.0849. The molecule has 2 aromatic rings. The highest BCUT2D eigenvalue weighted by Crippen LogP contribution is 2.21. The maximum absolute atomic E-state index is 13.2. The summed E-state index contributed by atoms with van der Waals surface area (Å²) in [7, 11) is 1.63. The predicted molar refractivity (Wildman–Crippen MR) is 110 cm³/mol. The number of carbonyl (C=O) groups excluding carboxylic acids is 1. The maximum atomic E-state index is 13.2. The Kier molecular flexibility index (Phi) is 6.86. The van der Waals surface area contributed by atoms with E-state index in [0.717, 1.165) is 22.6 Å². The summed E-state index contributed by atoms with van der Waals surface area (Å²) in [5.41, 5.74) is 2.61. The molecule has 0 aromatic heterocycles. The fourth-order valence-electron chi connectivity index (χ4n) is 3.31. The molecule has 2 aromatic carbocycles. The van der Waals surface area contributed by atoms with Crippen molar-refractivity contribution in [1.82, 2.24) is 4.90 Å². The molecule has 1 amide bonds. The van der Waals surface area contributed by atoms with Gasteiger partial charge >= 0.3 is 0 Å². The summed E-state index contributed by atoms with van der Waals surface area (Å²) in [4.78, 5) is 20.3. The van der Waals surface area contributed by atoms with Crippen molar-refractivity contribution in [2.75, 3.05) is 13.7 Å². The van der Waals surface area contributed by atoms with Gasteiger partial charge in [0.2, 0.25) is 5.91 Å². The third-order valence-corrected chi connectivity index (χ3v) is 4.78. The molecule has 6 heteroatoms. The van der Waals surface area contributed by atoms with E-state index in [2.05, 4.69) is 5.16 Å². The zero-order valence-electron chi connectivity index (χ0n) is 17.1. The molecular weight excluding hydrogens is 371 g/mol. The summed E-state index contributed by atoms with van der Waals surface area (Å²) >= 11 is 0. The Morgan fingerprint density at radius 3 is 2.72 bits per heavy atom. The zero-order valence-corrected chi connectivity index (χ0v) is 17.1. The second-order valence-electron chi connectivity index (χ2n) is 7.70. The van der Waals surface area contributed by atoms with Crippen LogP contribution in [0.4, 0.5) is 4.39 Å². The number of amides is 1. The molecule has 1 aliphatic heterocycles. The molecule has 0 saturated heterocycles. The van der Waals surface area contributed by atoms with Gasteiger partial charge in [0.25, 0.3) is 0 Å². The minimum Gasteiger partial charge on any atom is -0.497 e. The third kappa shape index (κ3) is 5.79. The molecule has 0 fully saturated rings. The summed E-state index contributed by atoms with van der Waals surface area (Å²) in [6.07, 6.45) is 0.828. The number of benzene rings is 2. The Morgan fingerprint density at radius 1 is 1.28 bits per heavy atom. The van der Waals surface area contributed by atoms with Gasteiger partial charge in [-0.25, -0.2) is 4.39 Å². The number of nitrogens with zero attached hydrogens (tertiary/aromatic N) is 2. The van der Waals surface area contributed by atoms with E-state index in [0.29, 0.717) is 25.9 Å². The standard InChI is InChI=1S/C23H27FN2O3/c1-16(2)11-23(27)26(14-17-5-4-6-20(12-17)28-3)15-21-13-22(25-29-21)18-7-9-19(24)10-8-18/h4-10,12,16,21H,11,13-15H2,1-3H3/t21-/m0/s1. The lowest BCUT2D eigenvalue weighted by Gasteiger charge is -2.26. The number of ether oxygens (including phenoxy) is 1. The molecule has 1 aliphatic rings. The number of carbonyl (C=O) groups is 1. The molecule has 3 rings (SSSR count). The molecular formula is C23H27FN2O3. The van der Waals surface area contributed by atoms with Crippen molar-refractivity contribution in [3.05, 3.63) is 65.5 Å². The van der Waals surface area contributed by atoms with Crippen LogP contribution in [-0.2, 0) is 16.2 Å². The summed E-state index contributed by atoms with van der Waals surface area (Å²) < 4.78 is 18.4. The lowest BCUT2D eigenvalue weighted by atomic mass is 10.0. The Bertz CT molecular complexity index is 865. The number of oxime groups is 1. The van der Waals surface area contributed by atoms with Gasteiger partial charge in [0.1, 0.15) is 11.6 Å². The van der Waals surface area contributed by atoms with E-state index in [1.165, 1.54) is 12.1 Å². The quantitative estimate of drug-likeness (QED) is 0.662. The minimum atomic E-state index is -0.284. The van der Waals surface area contributed by atoms with Crippen LogP contribution < -0.4 is 4.74 Å². The first-order chi connectivity index (χ1) is 13.9. The first-order valence-electron chi connectivity index (χ1n) is 9.84. The van der Waals surface area contributed by atoms with Crippen LogP contribution in [0.25, 0.3) is 0 Å². The molecule has 0 unspecified atom stereocenters. The van der Waals surface area contributed by atoms with Crippen LogP contribution in [-0.4, -0.2) is 36.3 Å². The highest BCUT2D eigenvalue weighted by Gasteiger charge is 2.27. The lowest BCUT2D eigenvalue weighted by Crippen LogP contribution is -2.37. The molecule has 0 N–H and O–H groups in total. The zero-order chi connectivity index (χ0) is 20.8. The highest BCUT2D eigenvalue weighted by atomic mass is 19.1. The van der Waals surface area contributed by atoms with Crippen LogP contribution in [0.2, 0.25) is 0 Å². The van der Waals surface area contributed by atoms with E-state index >= 15 is 0 Å². The van der Waals surface area contributed by atoms with Gasteiger partial charge in [-0.1, -0.05) is 43.3 Å². The van der Waals surface area contributed by atoms with E-state index in [1.54, 1.807) is 19.2 Å². The lowest BCUT2D eigenvalue weighted by molar-refractivity contribution is -0.134. The number of rotatable bonds is 8. The fourth-order valence-corrected chi connectivity index (χ4v) is 3.31. The van der Waals surface area contributed by atoms with Gasteiger partial charge in [0.05, 0.1) is 19.4 Å². The van der Waals surface area contributed by atoms with Gasteiger partial charge in [-0.2, -0.15) is 0 Å². The van der Waals surface area contributed by atoms with Crippen molar-refractivity contribution in [1.29, 1.82) is 0 Å². The summed E-state index contributed by atoms with van der Waals surface area (Å²) in [5, 5.41) is 4.16. The van der Waals surface area contributed by atoms with E-state index in [4.69, 9.17) is 9.57 Å². The Morgan fingerprint density at radius 2 is 2.03 bits per heavy atom. The van der Waals surface area contributed by atoms with Crippen LogP contribution in [0.1, 0.15) is 37.8 Å². The summed E-state index contributed by atoms with van der Waals surface area (Å²) in [5.74, 6) is 0.832. The molecule has 1 atom stereocenters. The largest absolute Gasteiger partial charge is 0.497 e. The third-order valence-electron chi connectivity index (χ3n) is 4.78. The van der Waals surface area contributed by atoms with E-state index < -0.39 is 0 Å². The van der Waals surface area contributed by atoms with Crippen molar-refractivity contribution >= 4 is 11.6 Å². The van der Waals surface area contributed by atoms with Crippen LogP contribution in [0, 0.1) is 11.7 Å². The average Bonchev–Trinajstić information content (AvgIpc) is 3.16. The van der Waals surface area contributed by atoms with Crippen LogP contribution in [0.15, 0.2) is 53.7 Å². The predicted octanol–water partition coefficient (Wildman–Crippen LogP) is 4.40. The monoisotopic (exact) mass is 398 g/mol. The van der Waals surface area contributed by atoms with Gasteiger partial charge in [-0.05, 0) is 41.3 Å². The van der Waals surface area contributed by atoms with Crippen molar-refractivity contribution in [2.24, 2.45) is 11.1 Å². The number of hydrogen-bond donors (Lipinski definition) is 0. The number of methoxy groups -OCH3 is 1. The number of halogens is 1. The van der Waals surface area contributed by atoms with Crippen LogP contribution >= 0.6 is 0 Å². The summed E-state index contributed by atoms with van der Waals surface area (Å²) in [6.45, 7) is 4.98.